The third-order valence-electron chi connectivity index (χ3n) is 3.81. The number of hydrogen-bond donors (Lipinski definition) is 0. The molecule has 0 aromatic heterocycles. The zero-order valence-corrected chi connectivity index (χ0v) is 10.4. The summed E-state index contributed by atoms with van der Waals surface area (Å²) in [6.45, 7) is 2.02. The Hall–Kier alpha value is -1.28. The third-order valence-corrected chi connectivity index (χ3v) is 4.05. The Kier molecular flexibility index (Phi) is 2.48. The first-order chi connectivity index (χ1) is 8.16. The van der Waals surface area contributed by atoms with Crippen LogP contribution < -0.4 is 4.90 Å². The first kappa shape index (κ1) is 10.8. The number of carbonyl (C=O) groups is 1. The summed E-state index contributed by atoms with van der Waals surface area (Å²) in [6, 6.07) is 6.30. The molecule has 1 aromatic rings. The van der Waals surface area contributed by atoms with Gasteiger partial charge < -0.3 is 4.90 Å². The van der Waals surface area contributed by atoms with Crippen LogP contribution in [0.2, 0.25) is 5.02 Å². The molecule has 0 aliphatic carbocycles. The van der Waals surface area contributed by atoms with Crippen LogP contribution in [0.25, 0.3) is 0 Å². The molecular formula is C14H14ClNO. The molecule has 2 aliphatic heterocycles. The largest absolute Gasteiger partial charge is 0.344 e. The lowest BCUT2D eigenvalue weighted by Gasteiger charge is -2.41. The first-order valence-corrected chi connectivity index (χ1v) is 6.33. The van der Waals surface area contributed by atoms with Gasteiger partial charge in [-0.1, -0.05) is 18.5 Å². The van der Waals surface area contributed by atoms with Gasteiger partial charge in [-0.15, -0.1) is 0 Å². The summed E-state index contributed by atoms with van der Waals surface area (Å²) in [5.41, 5.74) is 2.47. The molecule has 2 atom stereocenters. The molecule has 0 N–H and O–H groups in total. The average molecular weight is 248 g/mol. The van der Waals surface area contributed by atoms with Gasteiger partial charge in [0.1, 0.15) is 0 Å². The fourth-order valence-electron chi connectivity index (χ4n) is 2.80. The van der Waals surface area contributed by atoms with Crippen molar-refractivity contribution >= 4 is 23.1 Å². The Morgan fingerprint density at radius 3 is 3.06 bits per heavy atom. The van der Waals surface area contributed by atoms with Gasteiger partial charge in [-0.05, 0) is 42.7 Å². The number of aryl methyl sites for hydroxylation is 1. The highest BCUT2D eigenvalue weighted by atomic mass is 35.5. The zero-order chi connectivity index (χ0) is 12.0. The second-order valence-corrected chi connectivity index (χ2v) is 5.23. The van der Waals surface area contributed by atoms with Crippen molar-refractivity contribution in [2.75, 3.05) is 4.90 Å². The number of benzene rings is 1. The quantitative estimate of drug-likeness (QED) is 0.702. The molecule has 0 saturated carbocycles. The van der Waals surface area contributed by atoms with Crippen molar-refractivity contribution in [1.82, 2.24) is 0 Å². The molecule has 1 unspecified atom stereocenters. The molecule has 3 heteroatoms. The van der Waals surface area contributed by atoms with E-state index >= 15 is 0 Å². The third kappa shape index (κ3) is 1.67. The lowest BCUT2D eigenvalue weighted by molar-refractivity contribution is -0.118. The molecule has 0 amide bonds. The molecule has 1 aromatic carbocycles. The molecule has 2 nitrogen and oxygen atoms in total. The van der Waals surface area contributed by atoms with Gasteiger partial charge >= 0.3 is 0 Å². The Labute approximate surface area is 106 Å². The summed E-state index contributed by atoms with van der Waals surface area (Å²) in [5, 5.41) is 0.785. The van der Waals surface area contributed by atoms with Gasteiger partial charge in [0.2, 0.25) is 0 Å². The van der Waals surface area contributed by atoms with E-state index in [9.17, 15) is 4.79 Å². The van der Waals surface area contributed by atoms with Crippen LogP contribution in [0, 0.1) is 5.92 Å². The van der Waals surface area contributed by atoms with Crippen molar-refractivity contribution in [3.63, 3.8) is 0 Å². The maximum Gasteiger partial charge on any atom is 0.162 e. The van der Waals surface area contributed by atoms with Crippen LogP contribution in [-0.2, 0) is 11.2 Å². The molecule has 0 bridgehead atoms. The minimum atomic E-state index is 0.0869. The van der Waals surface area contributed by atoms with Crippen LogP contribution in [0.4, 0.5) is 5.69 Å². The van der Waals surface area contributed by atoms with Crippen molar-refractivity contribution in [3.8, 4) is 0 Å². The van der Waals surface area contributed by atoms with E-state index in [4.69, 9.17) is 11.6 Å². The maximum atomic E-state index is 11.7. The van der Waals surface area contributed by atoms with Crippen molar-refractivity contribution in [1.29, 1.82) is 0 Å². The molecule has 88 valence electrons. The van der Waals surface area contributed by atoms with Gasteiger partial charge in [0, 0.05) is 28.9 Å². The number of halogens is 1. The van der Waals surface area contributed by atoms with Crippen LogP contribution in [0.1, 0.15) is 18.9 Å². The lowest BCUT2D eigenvalue weighted by atomic mass is 9.84. The van der Waals surface area contributed by atoms with E-state index in [1.807, 2.05) is 25.3 Å². The van der Waals surface area contributed by atoms with E-state index in [-0.39, 0.29) is 11.7 Å². The van der Waals surface area contributed by atoms with E-state index in [1.54, 1.807) is 6.08 Å². The maximum absolute atomic E-state index is 11.7. The highest BCUT2D eigenvalue weighted by molar-refractivity contribution is 6.30. The molecule has 0 radical (unpaired) electrons. The summed E-state index contributed by atoms with van der Waals surface area (Å²) in [7, 11) is 0. The predicted octanol–water partition coefficient (Wildman–Crippen LogP) is 3.19. The lowest BCUT2D eigenvalue weighted by Crippen LogP contribution is -2.45. The number of ketones is 1. The number of carbonyl (C=O) groups excluding carboxylic acids is 1. The molecule has 0 spiro atoms. The van der Waals surface area contributed by atoms with Crippen LogP contribution in [0.5, 0.6) is 0 Å². The highest BCUT2D eigenvalue weighted by Gasteiger charge is 2.34. The van der Waals surface area contributed by atoms with Gasteiger partial charge in [-0.25, -0.2) is 0 Å². The topological polar surface area (TPSA) is 20.3 Å². The van der Waals surface area contributed by atoms with Crippen molar-refractivity contribution in [3.05, 3.63) is 41.1 Å². The highest BCUT2D eigenvalue weighted by Crippen LogP contribution is 2.37. The van der Waals surface area contributed by atoms with Crippen molar-refractivity contribution in [2.24, 2.45) is 5.92 Å². The zero-order valence-electron chi connectivity index (χ0n) is 9.69. The Balaban J connectivity index is 2.07. The summed E-state index contributed by atoms with van der Waals surface area (Å²) in [4.78, 5) is 13.9. The second kappa shape index (κ2) is 3.88. The number of allylic oxidation sites excluding steroid dienone is 1. The van der Waals surface area contributed by atoms with Gasteiger partial charge in [0.15, 0.2) is 5.78 Å². The molecule has 17 heavy (non-hydrogen) atoms. The summed E-state index contributed by atoms with van der Waals surface area (Å²) in [6.07, 6.45) is 5.62. The van der Waals surface area contributed by atoms with E-state index in [0.29, 0.717) is 6.04 Å². The van der Waals surface area contributed by atoms with E-state index in [2.05, 4.69) is 11.0 Å². The molecule has 0 saturated heterocycles. The second-order valence-electron chi connectivity index (χ2n) is 4.79. The van der Waals surface area contributed by atoms with E-state index in [1.165, 1.54) is 11.3 Å². The number of nitrogens with zero attached hydrogens (tertiary/aromatic N) is 1. The minimum absolute atomic E-state index is 0.0869. The number of anilines is 1. The van der Waals surface area contributed by atoms with Gasteiger partial charge in [-0.2, -0.15) is 0 Å². The van der Waals surface area contributed by atoms with Gasteiger partial charge in [0.25, 0.3) is 0 Å². The summed E-state index contributed by atoms with van der Waals surface area (Å²) in [5.74, 6) is 0.326. The van der Waals surface area contributed by atoms with Crippen LogP contribution in [0.15, 0.2) is 30.5 Å². The van der Waals surface area contributed by atoms with Crippen LogP contribution in [-0.4, -0.2) is 11.8 Å². The fraction of sp³-hybridized carbons (Fsp3) is 0.357. The molecule has 2 aliphatic rings. The van der Waals surface area contributed by atoms with Gasteiger partial charge in [0.05, 0.1) is 0 Å². The van der Waals surface area contributed by atoms with Crippen LogP contribution in [0.3, 0.4) is 0 Å². The molecule has 2 heterocycles. The summed E-state index contributed by atoms with van der Waals surface area (Å²) >= 11 is 6.01. The smallest absolute Gasteiger partial charge is 0.162 e. The number of fused-ring (bicyclic) bond motifs is 3. The Morgan fingerprint density at radius 1 is 1.41 bits per heavy atom. The predicted molar refractivity (Wildman–Crippen MR) is 69.4 cm³/mol. The van der Waals surface area contributed by atoms with Gasteiger partial charge in [-0.3, -0.25) is 4.79 Å². The van der Waals surface area contributed by atoms with E-state index < -0.39 is 0 Å². The monoisotopic (exact) mass is 247 g/mol. The Morgan fingerprint density at radius 2 is 2.24 bits per heavy atom. The van der Waals surface area contributed by atoms with Crippen molar-refractivity contribution < 1.29 is 4.79 Å². The van der Waals surface area contributed by atoms with Crippen molar-refractivity contribution in [2.45, 2.75) is 25.8 Å². The summed E-state index contributed by atoms with van der Waals surface area (Å²) < 4.78 is 0. The molecule has 3 rings (SSSR count). The first-order valence-electron chi connectivity index (χ1n) is 5.95. The minimum Gasteiger partial charge on any atom is -0.344 e. The standard InChI is InChI=1S/C14H14ClNO/c1-9-12-4-2-10-8-11(15)3-5-13(10)16(12)7-6-14(9)17/h3,5-9,12H,2,4H2,1H3/t9-,12?/m0/s1. The number of hydrogen-bond acceptors (Lipinski definition) is 2. The molecular weight excluding hydrogens is 234 g/mol. The van der Waals surface area contributed by atoms with Crippen LogP contribution >= 0.6 is 11.6 Å². The Bertz CT molecular complexity index is 509. The van der Waals surface area contributed by atoms with E-state index in [0.717, 1.165) is 17.9 Å². The SMILES string of the molecule is C[C@@H]1C(=O)C=CN2c3ccc(Cl)cc3CCC12. The fourth-order valence-corrected chi connectivity index (χ4v) is 3.00. The normalized spacial score (nSPS) is 26.7. The average Bonchev–Trinajstić information content (AvgIpc) is 2.33. The number of rotatable bonds is 0. The molecule has 0 fully saturated rings.